The molecule has 1 aliphatic heterocycles. The van der Waals surface area contributed by atoms with Crippen molar-refractivity contribution in [1.82, 2.24) is 10.4 Å². The highest BCUT2D eigenvalue weighted by molar-refractivity contribution is 5.91. The van der Waals surface area contributed by atoms with Crippen molar-refractivity contribution in [3.63, 3.8) is 0 Å². The van der Waals surface area contributed by atoms with E-state index in [1.54, 1.807) is 54.7 Å². The Hall–Kier alpha value is -4.40. The third kappa shape index (κ3) is 4.84. The van der Waals surface area contributed by atoms with E-state index in [1.165, 1.54) is 19.5 Å². The molecule has 0 saturated carbocycles. The molecular weight excluding hydrogens is 414 g/mol. The zero-order valence-electron chi connectivity index (χ0n) is 17.1. The van der Waals surface area contributed by atoms with Gasteiger partial charge in [-0.25, -0.2) is 10.2 Å². The van der Waals surface area contributed by atoms with E-state index < -0.39 is 18.0 Å². The lowest BCUT2D eigenvalue weighted by molar-refractivity contribution is -0.130. The van der Waals surface area contributed by atoms with Gasteiger partial charge in [-0.3, -0.25) is 9.78 Å². The average molecular weight is 433 g/mol. The van der Waals surface area contributed by atoms with Crippen molar-refractivity contribution in [1.29, 1.82) is 0 Å². The van der Waals surface area contributed by atoms with Crippen LogP contribution < -0.4 is 24.4 Å². The summed E-state index contributed by atoms with van der Waals surface area (Å²) in [6, 6.07) is 15.2. The molecule has 0 radical (unpaired) electrons. The number of esters is 1. The lowest BCUT2D eigenvalue weighted by Crippen LogP contribution is -2.42. The molecule has 1 aromatic heterocycles. The first-order chi connectivity index (χ1) is 15.6. The van der Waals surface area contributed by atoms with E-state index in [0.29, 0.717) is 28.4 Å². The Balaban J connectivity index is 1.37. The first-order valence-corrected chi connectivity index (χ1v) is 9.65. The number of pyridine rings is 1. The first-order valence-electron chi connectivity index (χ1n) is 9.65. The third-order valence-electron chi connectivity index (χ3n) is 4.48. The largest absolute Gasteiger partial charge is 0.493 e. The Labute approximate surface area is 183 Å². The number of benzene rings is 2. The summed E-state index contributed by atoms with van der Waals surface area (Å²) in [6.07, 6.45) is 3.60. The number of hydrogen-bond acceptors (Lipinski definition) is 8. The van der Waals surface area contributed by atoms with E-state index in [9.17, 15) is 9.59 Å². The number of methoxy groups -OCH3 is 1. The Kier molecular flexibility index (Phi) is 6.26. The van der Waals surface area contributed by atoms with Gasteiger partial charge in [0.1, 0.15) is 6.61 Å². The van der Waals surface area contributed by atoms with Crippen LogP contribution in [0.3, 0.4) is 0 Å². The predicted molar refractivity (Wildman–Crippen MR) is 114 cm³/mol. The maximum Gasteiger partial charge on any atom is 0.345 e. The molecular formula is C23H19N3O6. The van der Waals surface area contributed by atoms with Gasteiger partial charge in [0.05, 0.1) is 18.9 Å². The molecule has 1 aliphatic rings. The SMILES string of the molecule is COc1cc(C=NNC(=O)C2COc3ccccc3O2)ccc1OC(=O)c1cccnc1. The predicted octanol–water partition coefficient (Wildman–Crippen LogP) is 2.60. The molecule has 1 amide bonds. The lowest BCUT2D eigenvalue weighted by atomic mass is 10.2. The van der Waals surface area contributed by atoms with Gasteiger partial charge < -0.3 is 18.9 Å². The molecule has 9 heteroatoms. The fourth-order valence-corrected chi connectivity index (χ4v) is 2.88. The number of hydrazone groups is 1. The van der Waals surface area contributed by atoms with Crippen LogP contribution in [-0.2, 0) is 4.79 Å². The summed E-state index contributed by atoms with van der Waals surface area (Å²) in [4.78, 5) is 28.4. The number of para-hydroxylation sites is 2. The van der Waals surface area contributed by atoms with Gasteiger partial charge in [0.15, 0.2) is 23.0 Å². The Bertz CT molecular complexity index is 1150. The summed E-state index contributed by atoms with van der Waals surface area (Å²) in [6.45, 7) is 0.0865. The minimum absolute atomic E-state index is 0.0865. The number of aromatic nitrogens is 1. The van der Waals surface area contributed by atoms with Crippen molar-refractivity contribution < 1.29 is 28.5 Å². The molecule has 1 atom stereocenters. The van der Waals surface area contributed by atoms with E-state index >= 15 is 0 Å². The van der Waals surface area contributed by atoms with E-state index in [1.807, 2.05) is 6.07 Å². The highest BCUT2D eigenvalue weighted by atomic mass is 16.6. The zero-order chi connectivity index (χ0) is 22.3. The van der Waals surface area contributed by atoms with Gasteiger partial charge in [-0.05, 0) is 48.0 Å². The van der Waals surface area contributed by atoms with Crippen LogP contribution in [0.5, 0.6) is 23.0 Å². The summed E-state index contributed by atoms with van der Waals surface area (Å²) >= 11 is 0. The van der Waals surface area contributed by atoms with E-state index in [2.05, 4.69) is 15.5 Å². The van der Waals surface area contributed by atoms with Crippen LogP contribution >= 0.6 is 0 Å². The van der Waals surface area contributed by atoms with E-state index in [-0.39, 0.29) is 12.4 Å². The van der Waals surface area contributed by atoms with Crippen molar-refractivity contribution in [3.05, 3.63) is 78.1 Å². The van der Waals surface area contributed by atoms with Crippen molar-refractivity contribution in [3.8, 4) is 23.0 Å². The monoisotopic (exact) mass is 433 g/mol. The molecule has 1 N–H and O–H groups in total. The second-order valence-electron chi connectivity index (χ2n) is 6.64. The number of carbonyl (C=O) groups is 2. The average Bonchev–Trinajstić information content (AvgIpc) is 2.85. The molecule has 4 rings (SSSR count). The Morgan fingerprint density at radius 2 is 1.97 bits per heavy atom. The van der Waals surface area contributed by atoms with Crippen LogP contribution in [0.2, 0.25) is 0 Å². The molecule has 0 aliphatic carbocycles. The van der Waals surface area contributed by atoms with Crippen LogP contribution in [0.1, 0.15) is 15.9 Å². The molecule has 2 heterocycles. The quantitative estimate of drug-likeness (QED) is 0.275. The second-order valence-corrected chi connectivity index (χ2v) is 6.64. The van der Waals surface area contributed by atoms with Crippen LogP contribution in [0.15, 0.2) is 72.1 Å². The van der Waals surface area contributed by atoms with Crippen LogP contribution in [0.4, 0.5) is 0 Å². The highest BCUT2D eigenvalue weighted by Gasteiger charge is 2.27. The second kappa shape index (κ2) is 9.61. The molecule has 2 aromatic carbocycles. The smallest absolute Gasteiger partial charge is 0.345 e. The van der Waals surface area contributed by atoms with Crippen molar-refractivity contribution >= 4 is 18.1 Å². The number of amides is 1. The van der Waals surface area contributed by atoms with Crippen molar-refractivity contribution in [2.75, 3.05) is 13.7 Å². The third-order valence-corrected chi connectivity index (χ3v) is 4.48. The summed E-state index contributed by atoms with van der Waals surface area (Å²) < 4.78 is 21.8. The minimum atomic E-state index is -0.814. The maximum absolute atomic E-state index is 12.3. The number of fused-ring (bicyclic) bond motifs is 1. The molecule has 3 aromatic rings. The van der Waals surface area contributed by atoms with Gasteiger partial charge in [0.25, 0.3) is 5.91 Å². The van der Waals surface area contributed by atoms with Crippen molar-refractivity contribution in [2.24, 2.45) is 5.10 Å². The van der Waals surface area contributed by atoms with Crippen LogP contribution in [0.25, 0.3) is 0 Å². The molecule has 0 fully saturated rings. The molecule has 162 valence electrons. The summed E-state index contributed by atoms with van der Waals surface area (Å²) in [5, 5.41) is 3.95. The van der Waals surface area contributed by atoms with Crippen LogP contribution in [0, 0.1) is 0 Å². The summed E-state index contributed by atoms with van der Waals surface area (Å²) in [5.41, 5.74) is 3.37. The van der Waals surface area contributed by atoms with Gasteiger partial charge in [-0.2, -0.15) is 5.10 Å². The number of ether oxygens (including phenoxy) is 4. The standard InChI is InChI=1S/C23H19N3O6/c1-29-20-11-15(8-9-19(20)32-23(28)16-5-4-10-24-13-16)12-25-26-22(27)21-14-30-17-6-2-3-7-18(17)31-21/h2-13,21H,14H2,1H3,(H,26,27). The molecule has 0 bridgehead atoms. The Morgan fingerprint density at radius 1 is 1.12 bits per heavy atom. The topological polar surface area (TPSA) is 108 Å². The highest BCUT2D eigenvalue weighted by Crippen LogP contribution is 2.31. The van der Waals surface area contributed by atoms with E-state index in [0.717, 1.165) is 0 Å². The number of nitrogens with zero attached hydrogens (tertiary/aromatic N) is 2. The first kappa shape index (κ1) is 20.9. The fourth-order valence-electron chi connectivity index (χ4n) is 2.88. The normalized spacial score (nSPS) is 14.6. The maximum atomic E-state index is 12.3. The summed E-state index contributed by atoms with van der Waals surface area (Å²) in [5.74, 6) is 0.679. The van der Waals surface area contributed by atoms with Gasteiger partial charge in [0, 0.05) is 12.4 Å². The molecule has 0 spiro atoms. The van der Waals surface area contributed by atoms with Gasteiger partial charge in [0.2, 0.25) is 6.10 Å². The Morgan fingerprint density at radius 3 is 2.75 bits per heavy atom. The summed E-state index contributed by atoms with van der Waals surface area (Å²) in [7, 11) is 1.46. The number of carbonyl (C=O) groups excluding carboxylic acids is 2. The number of nitrogens with one attached hydrogen (secondary N) is 1. The molecule has 32 heavy (non-hydrogen) atoms. The molecule has 0 saturated heterocycles. The minimum Gasteiger partial charge on any atom is -0.493 e. The van der Waals surface area contributed by atoms with E-state index in [4.69, 9.17) is 18.9 Å². The van der Waals surface area contributed by atoms with Gasteiger partial charge in [-0.1, -0.05) is 12.1 Å². The van der Waals surface area contributed by atoms with Crippen LogP contribution in [-0.4, -0.2) is 42.9 Å². The van der Waals surface area contributed by atoms with Gasteiger partial charge in [-0.15, -0.1) is 0 Å². The zero-order valence-corrected chi connectivity index (χ0v) is 17.1. The molecule has 9 nitrogen and oxygen atoms in total. The van der Waals surface area contributed by atoms with Crippen molar-refractivity contribution in [2.45, 2.75) is 6.10 Å². The molecule has 1 unspecified atom stereocenters. The fraction of sp³-hybridized carbons (Fsp3) is 0.130. The lowest BCUT2D eigenvalue weighted by Gasteiger charge is -2.24. The number of rotatable bonds is 6. The van der Waals surface area contributed by atoms with Gasteiger partial charge >= 0.3 is 5.97 Å². The number of hydrogen-bond donors (Lipinski definition) is 1.